The Kier molecular flexibility index (Phi) is 6.54. The molecule has 3 aromatic rings. The Morgan fingerprint density at radius 3 is 2.50 bits per heavy atom. The zero-order valence-corrected chi connectivity index (χ0v) is 17.2. The maximum atomic E-state index is 13.9. The average Bonchev–Trinajstić information content (AvgIpc) is 2.69. The summed E-state index contributed by atoms with van der Waals surface area (Å²) >= 11 is 9.05. The third-order valence-corrected chi connectivity index (χ3v) is 4.66. The van der Waals surface area contributed by atoms with Crippen LogP contribution in [0, 0.1) is 5.82 Å². The SMILES string of the molecule is COc1cc(C(=O)Nc2ccc(Br)cc2F)ccc1OCc1ccc(Cl)cc1. The second-order valence-corrected chi connectivity index (χ2v) is 7.21. The fourth-order valence-corrected chi connectivity index (χ4v) is 2.91. The predicted octanol–water partition coefficient (Wildman–Crippen LogP) is 6.08. The van der Waals surface area contributed by atoms with Gasteiger partial charge in [-0.3, -0.25) is 4.79 Å². The molecule has 0 aliphatic heterocycles. The van der Waals surface area contributed by atoms with Crippen molar-refractivity contribution in [3.8, 4) is 11.5 Å². The normalized spacial score (nSPS) is 10.4. The molecule has 7 heteroatoms. The van der Waals surface area contributed by atoms with E-state index in [1.54, 1.807) is 36.4 Å². The number of rotatable bonds is 6. The van der Waals surface area contributed by atoms with Crippen LogP contribution in [0.3, 0.4) is 0 Å². The third-order valence-electron chi connectivity index (χ3n) is 3.91. The van der Waals surface area contributed by atoms with Gasteiger partial charge in [-0.25, -0.2) is 4.39 Å². The summed E-state index contributed by atoms with van der Waals surface area (Å²) in [5.41, 5.74) is 1.35. The van der Waals surface area contributed by atoms with Gasteiger partial charge >= 0.3 is 0 Å². The molecule has 144 valence electrons. The summed E-state index contributed by atoms with van der Waals surface area (Å²) in [6.07, 6.45) is 0. The summed E-state index contributed by atoms with van der Waals surface area (Å²) in [5, 5.41) is 3.20. The zero-order valence-electron chi connectivity index (χ0n) is 14.8. The highest BCUT2D eigenvalue weighted by Gasteiger charge is 2.13. The molecule has 0 radical (unpaired) electrons. The van der Waals surface area contributed by atoms with Crippen molar-refractivity contribution < 1.29 is 18.7 Å². The van der Waals surface area contributed by atoms with E-state index in [1.807, 2.05) is 12.1 Å². The van der Waals surface area contributed by atoms with Crippen LogP contribution < -0.4 is 14.8 Å². The van der Waals surface area contributed by atoms with Gasteiger partial charge in [-0.2, -0.15) is 0 Å². The van der Waals surface area contributed by atoms with Crippen LogP contribution in [0.4, 0.5) is 10.1 Å². The lowest BCUT2D eigenvalue weighted by molar-refractivity contribution is 0.102. The second kappa shape index (κ2) is 9.08. The maximum absolute atomic E-state index is 13.9. The highest BCUT2D eigenvalue weighted by atomic mass is 79.9. The number of carbonyl (C=O) groups excluding carboxylic acids is 1. The van der Waals surface area contributed by atoms with Crippen LogP contribution in [0.5, 0.6) is 11.5 Å². The number of amides is 1. The fraction of sp³-hybridized carbons (Fsp3) is 0.0952. The summed E-state index contributed by atoms with van der Waals surface area (Å²) in [7, 11) is 1.49. The molecule has 0 atom stereocenters. The number of nitrogens with one attached hydrogen (secondary N) is 1. The molecule has 3 aromatic carbocycles. The van der Waals surface area contributed by atoms with Crippen LogP contribution in [-0.4, -0.2) is 13.0 Å². The molecule has 0 aliphatic carbocycles. The van der Waals surface area contributed by atoms with Crippen molar-refractivity contribution in [1.82, 2.24) is 0 Å². The third kappa shape index (κ3) is 5.03. The fourth-order valence-electron chi connectivity index (χ4n) is 2.46. The molecule has 0 bridgehead atoms. The van der Waals surface area contributed by atoms with E-state index in [0.29, 0.717) is 33.2 Å². The van der Waals surface area contributed by atoms with E-state index in [0.717, 1.165) is 5.56 Å². The van der Waals surface area contributed by atoms with Crippen LogP contribution in [0.15, 0.2) is 65.1 Å². The van der Waals surface area contributed by atoms with E-state index in [1.165, 1.54) is 19.2 Å². The van der Waals surface area contributed by atoms with E-state index < -0.39 is 11.7 Å². The van der Waals surface area contributed by atoms with Gasteiger partial charge < -0.3 is 14.8 Å². The second-order valence-electron chi connectivity index (χ2n) is 5.86. The molecule has 28 heavy (non-hydrogen) atoms. The summed E-state index contributed by atoms with van der Waals surface area (Å²) in [6, 6.07) is 16.5. The number of ether oxygens (including phenoxy) is 2. The van der Waals surface area contributed by atoms with Gasteiger partial charge in [0.25, 0.3) is 5.91 Å². The van der Waals surface area contributed by atoms with Crippen molar-refractivity contribution in [2.24, 2.45) is 0 Å². The Morgan fingerprint density at radius 2 is 1.82 bits per heavy atom. The summed E-state index contributed by atoms with van der Waals surface area (Å²) in [4.78, 5) is 12.4. The van der Waals surface area contributed by atoms with E-state index in [2.05, 4.69) is 21.2 Å². The first-order valence-corrected chi connectivity index (χ1v) is 9.45. The molecule has 0 fully saturated rings. The molecule has 0 saturated carbocycles. The lowest BCUT2D eigenvalue weighted by atomic mass is 10.1. The van der Waals surface area contributed by atoms with E-state index in [9.17, 15) is 9.18 Å². The van der Waals surface area contributed by atoms with Gasteiger partial charge in [0.1, 0.15) is 12.4 Å². The Morgan fingerprint density at radius 1 is 1.07 bits per heavy atom. The molecule has 0 unspecified atom stereocenters. The summed E-state index contributed by atoms with van der Waals surface area (Å²) in [5.74, 6) is -0.0944. The minimum absolute atomic E-state index is 0.0928. The number of hydrogen-bond donors (Lipinski definition) is 1. The number of anilines is 1. The first kappa shape index (κ1) is 20.2. The standard InChI is InChI=1S/C21H16BrClFNO3/c1-27-20-10-14(21(26)25-18-8-5-15(22)11-17(18)24)4-9-19(20)28-12-13-2-6-16(23)7-3-13/h2-11H,12H2,1H3,(H,25,26). The van der Waals surface area contributed by atoms with Crippen molar-refractivity contribution in [2.45, 2.75) is 6.61 Å². The number of halogens is 3. The van der Waals surface area contributed by atoms with E-state index >= 15 is 0 Å². The molecule has 4 nitrogen and oxygen atoms in total. The van der Waals surface area contributed by atoms with Gasteiger partial charge in [-0.1, -0.05) is 39.7 Å². The largest absolute Gasteiger partial charge is 0.493 e. The van der Waals surface area contributed by atoms with Gasteiger partial charge in [0, 0.05) is 15.1 Å². The Bertz CT molecular complexity index is 995. The molecule has 1 amide bonds. The van der Waals surface area contributed by atoms with Crippen LogP contribution in [0.25, 0.3) is 0 Å². The van der Waals surface area contributed by atoms with Crippen LogP contribution in [0.2, 0.25) is 5.02 Å². The topological polar surface area (TPSA) is 47.6 Å². The average molecular weight is 465 g/mol. The van der Waals surface area contributed by atoms with Crippen molar-refractivity contribution in [3.63, 3.8) is 0 Å². The maximum Gasteiger partial charge on any atom is 0.255 e. The van der Waals surface area contributed by atoms with Crippen molar-refractivity contribution in [1.29, 1.82) is 0 Å². The zero-order chi connectivity index (χ0) is 20.1. The van der Waals surface area contributed by atoms with Crippen molar-refractivity contribution >= 4 is 39.1 Å². The molecular weight excluding hydrogens is 449 g/mol. The first-order valence-electron chi connectivity index (χ1n) is 8.28. The Balaban J connectivity index is 1.72. The molecule has 0 heterocycles. The number of hydrogen-bond acceptors (Lipinski definition) is 3. The number of carbonyl (C=O) groups is 1. The summed E-state index contributed by atoms with van der Waals surface area (Å²) < 4.78 is 25.6. The quantitative estimate of drug-likeness (QED) is 0.481. The molecular formula is C21H16BrClFNO3. The predicted molar refractivity (Wildman–Crippen MR) is 111 cm³/mol. The highest BCUT2D eigenvalue weighted by Crippen LogP contribution is 2.29. The Hall–Kier alpha value is -2.57. The van der Waals surface area contributed by atoms with E-state index in [-0.39, 0.29) is 5.69 Å². The van der Waals surface area contributed by atoms with Gasteiger partial charge in [-0.05, 0) is 54.1 Å². The first-order chi connectivity index (χ1) is 13.5. The highest BCUT2D eigenvalue weighted by molar-refractivity contribution is 9.10. The van der Waals surface area contributed by atoms with Crippen molar-refractivity contribution in [3.05, 3.63) is 87.1 Å². The van der Waals surface area contributed by atoms with E-state index in [4.69, 9.17) is 21.1 Å². The van der Waals surface area contributed by atoms with Gasteiger partial charge in [0.05, 0.1) is 12.8 Å². The van der Waals surface area contributed by atoms with Gasteiger partial charge in [-0.15, -0.1) is 0 Å². The molecule has 3 rings (SSSR count). The van der Waals surface area contributed by atoms with Crippen LogP contribution >= 0.6 is 27.5 Å². The van der Waals surface area contributed by atoms with Gasteiger partial charge in [0.2, 0.25) is 0 Å². The van der Waals surface area contributed by atoms with Gasteiger partial charge in [0.15, 0.2) is 11.5 Å². The Labute approximate surface area is 175 Å². The lowest BCUT2D eigenvalue weighted by Gasteiger charge is -2.13. The van der Waals surface area contributed by atoms with Crippen molar-refractivity contribution in [2.75, 3.05) is 12.4 Å². The minimum Gasteiger partial charge on any atom is -0.493 e. The lowest BCUT2D eigenvalue weighted by Crippen LogP contribution is -2.13. The minimum atomic E-state index is -0.530. The summed E-state index contributed by atoms with van der Waals surface area (Å²) in [6.45, 7) is 0.323. The molecule has 0 aliphatic rings. The molecule has 0 aromatic heterocycles. The molecule has 0 saturated heterocycles. The monoisotopic (exact) mass is 463 g/mol. The van der Waals surface area contributed by atoms with Crippen LogP contribution in [0.1, 0.15) is 15.9 Å². The molecule has 0 spiro atoms. The number of benzene rings is 3. The number of methoxy groups -OCH3 is 1. The van der Waals surface area contributed by atoms with Crippen LogP contribution in [-0.2, 0) is 6.61 Å². The smallest absolute Gasteiger partial charge is 0.255 e. The molecule has 1 N–H and O–H groups in total.